The van der Waals surface area contributed by atoms with Gasteiger partial charge in [-0.05, 0) is 61.9 Å². The fraction of sp³-hybridized carbons (Fsp3) is 0.429. The molecule has 2 aromatic carbocycles. The van der Waals surface area contributed by atoms with E-state index in [0.29, 0.717) is 35.4 Å². The van der Waals surface area contributed by atoms with Crippen molar-refractivity contribution in [2.24, 2.45) is 0 Å². The van der Waals surface area contributed by atoms with Gasteiger partial charge in [0.1, 0.15) is 12.6 Å². The van der Waals surface area contributed by atoms with Crippen molar-refractivity contribution in [3.63, 3.8) is 0 Å². The molecule has 1 fully saturated rings. The molecule has 1 aromatic heterocycles. The Bertz CT molecular complexity index is 1180. The van der Waals surface area contributed by atoms with Crippen molar-refractivity contribution < 1.29 is 14.1 Å². The molecule has 2 heterocycles. The van der Waals surface area contributed by atoms with Gasteiger partial charge in [-0.15, -0.1) is 0 Å². The quantitative estimate of drug-likeness (QED) is 0.357. The third-order valence-corrected chi connectivity index (χ3v) is 6.87. The van der Waals surface area contributed by atoms with Gasteiger partial charge < -0.3 is 14.3 Å². The standard InChI is InChI=1S/C28H33ClN4O3/c1-3-5-16-32(28(35)21-14-12-20(4-2)13-15-21)19-25(34)33-17-7-6-11-24(33)27-30-26(31-36-27)22-9-8-10-23(29)18-22/h8-10,12-15,18,24H,3-7,11,16-17,19H2,1-2H3/t24-/m0/s1. The number of likely N-dealkylation sites (tertiary alicyclic amines) is 1. The van der Waals surface area contributed by atoms with Crippen LogP contribution in [0.5, 0.6) is 0 Å². The highest BCUT2D eigenvalue weighted by atomic mass is 35.5. The van der Waals surface area contributed by atoms with Gasteiger partial charge >= 0.3 is 0 Å². The summed E-state index contributed by atoms with van der Waals surface area (Å²) in [5, 5.41) is 4.72. The second-order valence-electron chi connectivity index (χ2n) is 9.20. The van der Waals surface area contributed by atoms with E-state index in [9.17, 15) is 9.59 Å². The number of hydrogen-bond acceptors (Lipinski definition) is 5. The average Bonchev–Trinajstić information content (AvgIpc) is 3.41. The van der Waals surface area contributed by atoms with Crippen LogP contribution in [0.15, 0.2) is 53.1 Å². The van der Waals surface area contributed by atoms with Gasteiger partial charge in [0.25, 0.3) is 5.91 Å². The van der Waals surface area contributed by atoms with E-state index in [1.54, 1.807) is 21.9 Å². The van der Waals surface area contributed by atoms with Crippen LogP contribution in [0.1, 0.15) is 73.8 Å². The molecule has 8 heteroatoms. The van der Waals surface area contributed by atoms with Gasteiger partial charge in [0, 0.05) is 29.2 Å². The summed E-state index contributed by atoms with van der Waals surface area (Å²) in [6.45, 7) is 5.32. The molecule has 3 aromatic rings. The Morgan fingerprint density at radius 3 is 2.67 bits per heavy atom. The van der Waals surface area contributed by atoms with Crippen molar-refractivity contribution in [3.05, 3.63) is 70.6 Å². The predicted molar refractivity (Wildman–Crippen MR) is 140 cm³/mol. The maximum atomic E-state index is 13.5. The second-order valence-corrected chi connectivity index (χ2v) is 9.63. The fourth-order valence-electron chi connectivity index (χ4n) is 4.52. The Labute approximate surface area is 217 Å². The van der Waals surface area contributed by atoms with Gasteiger partial charge in [-0.25, -0.2) is 0 Å². The first-order valence-corrected chi connectivity index (χ1v) is 13.1. The Hall–Kier alpha value is -3.19. The summed E-state index contributed by atoms with van der Waals surface area (Å²) in [7, 11) is 0. The number of piperidine rings is 1. The van der Waals surface area contributed by atoms with Gasteiger partial charge in [-0.3, -0.25) is 9.59 Å². The molecule has 0 spiro atoms. The minimum Gasteiger partial charge on any atom is -0.337 e. The SMILES string of the molecule is CCCCN(CC(=O)N1CCCC[C@H]1c1nc(-c2cccc(Cl)c2)no1)C(=O)c1ccc(CC)cc1. The zero-order chi connectivity index (χ0) is 25.5. The van der Waals surface area contributed by atoms with Gasteiger partial charge in [0.05, 0.1) is 0 Å². The van der Waals surface area contributed by atoms with Crippen LogP contribution in [-0.4, -0.2) is 51.4 Å². The van der Waals surface area contributed by atoms with Crippen LogP contribution in [0.4, 0.5) is 0 Å². The summed E-state index contributed by atoms with van der Waals surface area (Å²) in [4.78, 5) is 34.9. The minimum atomic E-state index is -0.307. The van der Waals surface area contributed by atoms with Crippen molar-refractivity contribution in [1.82, 2.24) is 19.9 Å². The summed E-state index contributed by atoms with van der Waals surface area (Å²) in [6.07, 6.45) is 5.29. The summed E-state index contributed by atoms with van der Waals surface area (Å²) >= 11 is 6.11. The molecule has 0 N–H and O–H groups in total. The summed E-state index contributed by atoms with van der Waals surface area (Å²) in [5.74, 6) is 0.645. The van der Waals surface area contributed by atoms with Crippen LogP contribution in [0.25, 0.3) is 11.4 Å². The van der Waals surface area contributed by atoms with E-state index in [4.69, 9.17) is 16.1 Å². The zero-order valence-corrected chi connectivity index (χ0v) is 21.7. The van der Waals surface area contributed by atoms with Crippen molar-refractivity contribution in [3.8, 4) is 11.4 Å². The van der Waals surface area contributed by atoms with E-state index < -0.39 is 0 Å². The molecule has 1 atom stereocenters. The molecule has 1 aliphatic rings. The molecule has 190 valence electrons. The van der Waals surface area contributed by atoms with E-state index in [0.717, 1.165) is 44.1 Å². The molecule has 1 aliphatic heterocycles. The van der Waals surface area contributed by atoms with Gasteiger partial charge in [-0.2, -0.15) is 4.98 Å². The van der Waals surface area contributed by atoms with Gasteiger partial charge in [0.15, 0.2) is 0 Å². The lowest BCUT2D eigenvalue weighted by molar-refractivity contribution is -0.136. The molecule has 2 amide bonds. The Kier molecular flexibility index (Phi) is 8.75. The highest BCUT2D eigenvalue weighted by molar-refractivity contribution is 6.30. The molecule has 0 radical (unpaired) electrons. The Morgan fingerprint density at radius 2 is 1.94 bits per heavy atom. The monoisotopic (exact) mass is 508 g/mol. The number of amides is 2. The number of benzene rings is 2. The molecular formula is C28H33ClN4O3. The molecule has 0 saturated carbocycles. The zero-order valence-electron chi connectivity index (χ0n) is 21.0. The first-order chi connectivity index (χ1) is 17.5. The second kappa shape index (κ2) is 12.2. The third kappa shape index (κ3) is 6.13. The lowest BCUT2D eigenvalue weighted by Crippen LogP contribution is -2.46. The van der Waals surface area contributed by atoms with Crippen LogP contribution in [0, 0.1) is 0 Å². The minimum absolute atomic E-state index is 0.0279. The first kappa shape index (κ1) is 25.9. The topological polar surface area (TPSA) is 79.5 Å². The first-order valence-electron chi connectivity index (χ1n) is 12.8. The lowest BCUT2D eigenvalue weighted by Gasteiger charge is -2.35. The molecule has 7 nitrogen and oxygen atoms in total. The lowest BCUT2D eigenvalue weighted by atomic mass is 10.0. The predicted octanol–water partition coefficient (Wildman–Crippen LogP) is 5.95. The maximum Gasteiger partial charge on any atom is 0.254 e. The van der Waals surface area contributed by atoms with Crippen LogP contribution in [0.2, 0.25) is 5.02 Å². The molecule has 0 aliphatic carbocycles. The van der Waals surface area contributed by atoms with E-state index in [1.165, 1.54) is 5.56 Å². The molecule has 0 unspecified atom stereocenters. The number of carbonyl (C=O) groups excluding carboxylic acids is 2. The van der Waals surface area contributed by atoms with Crippen LogP contribution in [0.3, 0.4) is 0 Å². The number of aromatic nitrogens is 2. The summed E-state index contributed by atoms with van der Waals surface area (Å²) in [5.41, 5.74) is 2.54. The molecule has 4 rings (SSSR count). The van der Waals surface area contributed by atoms with E-state index in [-0.39, 0.29) is 24.4 Å². The van der Waals surface area contributed by atoms with E-state index >= 15 is 0 Å². The van der Waals surface area contributed by atoms with E-state index in [2.05, 4.69) is 24.0 Å². The van der Waals surface area contributed by atoms with Gasteiger partial charge in [0.2, 0.25) is 17.6 Å². The molecule has 36 heavy (non-hydrogen) atoms. The highest BCUT2D eigenvalue weighted by Gasteiger charge is 2.33. The molecule has 0 bridgehead atoms. The number of aryl methyl sites for hydroxylation is 1. The number of unbranched alkanes of at least 4 members (excludes halogenated alkanes) is 1. The average molecular weight is 509 g/mol. The number of rotatable bonds is 9. The summed E-state index contributed by atoms with van der Waals surface area (Å²) < 4.78 is 5.61. The third-order valence-electron chi connectivity index (χ3n) is 6.64. The number of nitrogens with zero attached hydrogens (tertiary/aromatic N) is 4. The molecule has 1 saturated heterocycles. The van der Waals surface area contributed by atoms with E-state index in [1.807, 2.05) is 36.4 Å². The van der Waals surface area contributed by atoms with Gasteiger partial charge in [-0.1, -0.05) is 61.3 Å². The fourth-order valence-corrected chi connectivity index (χ4v) is 4.71. The number of halogens is 1. The van der Waals surface area contributed by atoms with Crippen molar-refractivity contribution in [1.29, 1.82) is 0 Å². The van der Waals surface area contributed by atoms with Crippen molar-refractivity contribution in [2.75, 3.05) is 19.6 Å². The Morgan fingerprint density at radius 1 is 1.14 bits per heavy atom. The molecular weight excluding hydrogens is 476 g/mol. The summed E-state index contributed by atoms with van der Waals surface area (Å²) in [6, 6.07) is 14.6. The maximum absolute atomic E-state index is 13.5. The number of carbonyl (C=O) groups is 2. The highest BCUT2D eigenvalue weighted by Crippen LogP contribution is 2.32. The van der Waals surface area contributed by atoms with Crippen LogP contribution in [-0.2, 0) is 11.2 Å². The van der Waals surface area contributed by atoms with Crippen LogP contribution >= 0.6 is 11.6 Å². The normalized spacial score (nSPS) is 15.6. The number of hydrogen-bond donors (Lipinski definition) is 0. The van der Waals surface area contributed by atoms with Crippen LogP contribution < -0.4 is 0 Å². The van der Waals surface area contributed by atoms with Crippen molar-refractivity contribution in [2.45, 2.75) is 58.4 Å². The Balaban J connectivity index is 1.51. The largest absolute Gasteiger partial charge is 0.337 e. The van der Waals surface area contributed by atoms with Crippen molar-refractivity contribution >= 4 is 23.4 Å². The smallest absolute Gasteiger partial charge is 0.254 e.